The maximum Gasteiger partial charge on any atom is 0.130 e. The van der Waals surface area contributed by atoms with Gasteiger partial charge in [0.15, 0.2) is 0 Å². The Labute approximate surface area is 192 Å². The minimum absolute atomic E-state index is 0.427. The Balaban J connectivity index is 1.22. The number of hydrogen-bond acceptors (Lipinski definition) is 5. The van der Waals surface area contributed by atoms with E-state index in [4.69, 9.17) is 9.72 Å². The molecule has 0 saturated carbocycles. The Hall–Kier alpha value is -4.25. The fraction of sp³-hybridized carbons (Fsp3) is 0.107. The first-order chi connectivity index (χ1) is 16.3. The van der Waals surface area contributed by atoms with Crippen LogP contribution in [0.3, 0.4) is 0 Å². The molecule has 160 valence electrons. The molecule has 0 fully saturated rings. The van der Waals surface area contributed by atoms with E-state index < -0.39 is 0 Å². The molecule has 6 rings (SSSR count). The monoisotopic (exact) mass is 430 g/mol. The minimum atomic E-state index is 0.427. The van der Waals surface area contributed by atoms with Crippen LogP contribution in [-0.2, 0) is 13.0 Å². The number of ether oxygens (including phenoxy) is 1. The summed E-state index contributed by atoms with van der Waals surface area (Å²) in [7, 11) is 0. The number of nitrogens with zero attached hydrogens (tertiary/aromatic N) is 4. The molecule has 5 nitrogen and oxygen atoms in total. The van der Waals surface area contributed by atoms with Gasteiger partial charge in [-0.15, -0.1) is 0 Å². The Morgan fingerprint density at radius 1 is 0.818 bits per heavy atom. The average Bonchev–Trinajstić information content (AvgIpc) is 3.32. The molecule has 0 unspecified atom stereocenters. The zero-order valence-corrected chi connectivity index (χ0v) is 18.1. The van der Waals surface area contributed by atoms with Crippen molar-refractivity contribution in [2.45, 2.75) is 13.0 Å². The molecule has 1 aliphatic rings. The Morgan fingerprint density at radius 3 is 2.67 bits per heavy atom. The van der Waals surface area contributed by atoms with Crippen molar-refractivity contribution in [2.24, 2.45) is 0 Å². The Bertz CT molecular complexity index is 1430. The minimum Gasteiger partial charge on any atom is -0.487 e. The van der Waals surface area contributed by atoms with Crippen LogP contribution in [0, 0.1) is 0 Å². The molecule has 3 aromatic heterocycles. The van der Waals surface area contributed by atoms with Crippen LogP contribution in [0.2, 0.25) is 0 Å². The van der Waals surface area contributed by atoms with Crippen LogP contribution in [0.5, 0.6) is 5.75 Å². The second-order valence-corrected chi connectivity index (χ2v) is 8.09. The van der Waals surface area contributed by atoms with Crippen molar-refractivity contribution in [2.75, 3.05) is 11.4 Å². The average molecular weight is 431 g/mol. The zero-order valence-electron chi connectivity index (χ0n) is 18.1. The number of aromatic nitrogens is 3. The number of benzene rings is 2. The maximum absolute atomic E-state index is 6.01. The van der Waals surface area contributed by atoms with Gasteiger partial charge in [-0.05, 0) is 66.6 Å². The first-order valence-corrected chi connectivity index (χ1v) is 11.1. The van der Waals surface area contributed by atoms with Gasteiger partial charge in [0, 0.05) is 29.9 Å². The Kier molecular flexibility index (Phi) is 4.92. The molecule has 5 heteroatoms. The van der Waals surface area contributed by atoms with Gasteiger partial charge in [0.1, 0.15) is 12.4 Å². The predicted molar refractivity (Wildman–Crippen MR) is 131 cm³/mol. The van der Waals surface area contributed by atoms with E-state index in [-0.39, 0.29) is 0 Å². The van der Waals surface area contributed by atoms with Crippen LogP contribution in [0.4, 0.5) is 11.4 Å². The summed E-state index contributed by atoms with van der Waals surface area (Å²) in [5.74, 6) is 0.807. The summed E-state index contributed by atoms with van der Waals surface area (Å²) in [6.07, 6.45) is 6.66. The van der Waals surface area contributed by atoms with Gasteiger partial charge in [-0.3, -0.25) is 9.97 Å². The van der Waals surface area contributed by atoms with Crippen molar-refractivity contribution in [3.8, 4) is 17.0 Å². The lowest BCUT2D eigenvalue weighted by Crippen LogP contribution is -2.14. The van der Waals surface area contributed by atoms with Gasteiger partial charge in [-0.2, -0.15) is 0 Å². The van der Waals surface area contributed by atoms with E-state index >= 15 is 0 Å². The van der Waals surface area contributed by atoms with Crippen molar-refractivity contribution in [3.63, 3.8) is 0 Å². The standard InChI is InChI=1S/C28H22N4O/c1-2-5-25-20(4-1)7-10-23(31-25)19-33-24-11-8-22(9-12-24)28-26(6-3-15-30-28)32-17-14-21-13-16-29-18-27(21)32/h1-13,15-16,18H,14,17,19H2. The molecule has 0 amide bonds. The van der Waals surface area contributed by atoms with E-state index in [0.29, 0.717) is 6.61 Å². The molecule has 1 aliphatic heterocycles. The molecule has 0 aliphatic carbocycles. The van der Waals surface area contributed by atoms with E-state index in [9.17, 15) is 0 Å². The molecule has 0 atom stereocenters. The van der Waals surface area contributed by atoms with Gasteiger partial charge in [0.25, 0.3) is 0 Å². The molecule has 4 heterocycles. The van der Waals surface area contributed by atoms with Crippen molar-refractivity contribution >= 4 is 22.3 Å². The molecule has 0 spiro atoms. The third-order valence-corrected chi connectivity index (χ3v) is 6.03. The largest absolute Gasteiger partial charge is 0.487 e. The predicted octanol–water partition coefficient (Wildman–Crippen LogP) is 5.97. The number of para-hydroxylation sites is 1. The summed E-state index contributed by atoms with van der Waals surface area (Å²) in [5.41, 5.74) is 7.48. The number of rotatable bonds is 5. The lowest BCUT2D eigenvalue weighted by Gasteiger charge is -2.22. The molecule has 33 heavy (non-hydrogen) atoms. The van der Waals surface area contributed by atoms with Crippen LogP contribution in [-0.4, -0.2) is 21.5 Å². The number of hydrogen-bond donors (Lipinski definition) is 0. The van der Waals surface area contributed by atoms with Crippen molar-refractivity contribution in [1.29, 1.82) is 0 Å². The van der Waals surface area contributed by atoms with Gasteiger partial charge in [-0.25, -0.2) is 4.98 Å². The topological polar surface area (TPSA) is 51.1 Å². The molecule has 5 aromatic rings. The third kappa shape index (κ3) is 3.78. The molecule has 0 N–H and O–H groups in total. The number of pyridine rings is 3. The van der Waals surface area contributed by atoms with Gasteiger partial charge in [0.05, 0.1) is 34.5 Å². The van der Waals surface area contributed by atoms with Crippen LogP contribution in [0.1, 0.15) is 11.3 Å². The molecule has 0 radical (unpaired) electrons. The number of fused-ring (bicyclic) bond motifs is 2. The zero-order chi connectivity index (χ0) is 22.0. The van der Waals surface area contributed by atoms with E-state index in [2.05, 4.69) is 51.3 Å². The van der Waals surface area contributed by atoms with Gasteiger partial charge < -0.3 is 9.64 Å². The quantitative estimate of drug-likeness (QED) is 0.344. The smallest absolute Gasteiger partial charge is 0.130 e. The van der Waals surface area contributed by atoms with Crippen molar-refractivity contribution < 1.29 is 4.74 Å². The van der Waals surface area contributed by atoms with Crippen molar-refractivity contribution in [3.05, 3.63) is 109 Å². The third-order valence-electron chi connectivity index (χ3n) is 6.03. The highest BCUT2D eigenvalue weighted by molar-refractivity contribution is 5.81. The summed E-state index contributed by atoms with van der Waals surface area (Å²) in [5, 5.41) is 1.13. The molecule has 0 bridgehead atoms. The lowest BCUT2D eigenvalue weighted by atomic mass is 10.1. The van der Waals surface area contributed by atoms with Crippen LogP contribution in [0.15, 0.2) is 97.5 Å². The summed E-state index contributed by atoms with van der Waals surface area (Å²) < 4.78 is 6.01. The van der Waals surface area contributed by atoms with E-state index in [1.165, 1.54) is 5.56 Å². The fourth-order valence-corrected chi connectivity index (χ4v) is 4.36. The SMILES string of the molecule is c1cnc(-c2ccc(OCc3ccc4ccccc4n3)cc2)c(N2CCc3ccncc32)c1. The van der Waals surface area contributed by atoms with Crippen LogP contribution >= 0.6 is 0 Å². The highest BCUT2D eigenvalue weighted by Gasteiger charge is 2.23. The molecular weight excluding hydrogens is 408 g/mol. The second-order valence-electron chi connectivity index (χ2n) is 8.09. The fourth-order valence-electron chi connectivity index (χ4n) is 4.36. The Morgan fingerprint density at radius 2 is 1.73 bits per heavy atom. The lowest BCUT2D eigenvalue weighted by molar-refractivity contribution is 0.302. The highest BCUT2D eigenvalue weighted by atomic mass is 16.5. The van der Waals surface area contributed by atoms with E-state index in [1.54, 1.807) is 0 Å². The second kappa shape index (κ2) is 8.36. The first-order valence-electron chi connectivity index (χ1n) is 11.1. The van der Waals surface area contributed by atoms with Gasteiger partial charge in [-0.1, -0.05) is 24.3 Å². The summed E-state index contributed by atoms with van der Waals surface area (Å²) in [4.78, 5) is 16.0. The summed E-state index contributed by atoms with van der Waals surface area (Å²) in [6, 6.07) is 26.5. The van der Waals surface area contributed by atoms with Gasteiger partial charge >= 0.3 is 0 Å². The maximum atomic E-state index is 6.01. The molecular formula is C28H22N4O. The summed E-state index contributed by atoms with van der Waals surface area (Å²) in [6.45, 7) is 1.36. The first kappa shape index (κ1) is 19.4. The number of anilines is 2. The summed E-state index contributed by atoms with van der Waals surface area (Å²) >= 11 is 0. The van der Waals surface area contributed by atoms with Gasteiger partial charge in [0.2, 0.25) is 0 Å². The van der Waals surface area contributed by atoms with E-state index in [1.807, 2.05) is 61.1 Å². The van der Waals surface area contributed by atoms with Crippen LogP contribution in [0.25, 0.3) is 22.2 Å². The highest BCUT2D eigenvalue weighted by Crippen LogP contribution is 2.38. The van der Waals surface area contributed by atoms with Crippen molar-refractivity contribution in [1.82, 2.24) is 15.0 Å². The molecule has 2 aromatic carbocycles. The van der Waals surface area contributed by atoms with Crippen LogP contribution < -0.4 is 9.64 Å². The normalized spacial score (nSPS) is 12.7. The van der Waals surface area contributed by atoms with E-state index in [0.717, 1.165) is 57.9 Å². The molecule has 0 saturated heterocycles.